The van der Waals surface area contributed by atoms with E-state index in [9.17, 15) is 0 Å². The van der Waals surface area contributed by atoms with E-state index < -0.39 is 0 Å². The van der Waals surface area contributed by atoms with Crippen molar-refractivity contribution in [3.8, 4) is 0 Å². The molecule has 0 unspecified atom stereocenters. The van der Waals surface area contributed by atoms with Crippen LogP contribution in [0.5, 0.6) is 0 Å². The number of nitrogens with zero attached hydrogens (tertiary/aromatic N) is 1. The fraction of sp³-hybridized carbons (Fsp3) is 0.125. The van der Waals surface area contributed by atoms with Gasteiger partial charge < -0.3 is 0 Å². The summed E-state index contributed by atoms with van der Waals surface area (Å²) >= 11 is 1.68. The van der Waals surface area contributed by atoms with Crippen LogP contribution in [0.2, 0.25) is 0 Å². The maximum Gasteiger partial charge on any atom is 0.0407 e. The largest absolute Gasteiger partial charge is 0.264 e. The summed E-state index contributed by atoms with van der Waals surface area (Å²) in [5.74, 6) is 0. The molecule has 0 spiro atoms. The standard InChI is InChI=1S/C8H9NS/c1-2-6-10-8-4-3-5-9-7-8/h2-7H,1H3. The van der Waals surface area contributed by atoms with Crippen molar-refractivity contribution in [2.75, 3.05) is 0 Å². The van der Waals surface area contributed by atoms with Gasteiger partial charge in [-0.15, -0.1) is 0 Å². The number of pyridine rings is 1. The minimum absolute atomic E-state index is 1.18. The summed E-state index contributed by atoms with van der Waals surface area (Å²) < 4.78 is 0. The van der Waals surface area contributed by atoms with Crippen molar-refractivity contribution >= 4 is 11.8 Å². The molecule has 2 heteroatoms. The predicted molar refractivity (Wildman–Crippen MR) is 44.9 cm³/mol. The molecule has 0 saturated carbocycles. The van der Waals surface area contributed by atoms with Crippen molar-refractivity contribution < 1.29 is 0 Å². The molecular formula is C8H9NS. The van der Waals surface area contributed by atoms with Crippen LogP contribution in [-0.2, 0) is 0 Å². The number of allylic oxidation sites excluding steroid dienone is 1. The first-order chi connectivity index (χ1) is 4.93. The summed E-state index contributed by atoms with van der Waals surface area (Å²) in [6, 6.07) is 3.98. The lowest BCUT2D eigenvalue weighted by Crippen LogP contribution is -1.69. The molecule has 0 aliphatic rings. The Hall–Kier alpha value is -0.760. The lowest BCUT2D eigenvalue weighted by atomic mass is 10.5. The van der Waals surface area contributed by atoms with Crippen LogP contribution in [0.1, 0.15) is 6.92 Å². The molecule has 0 aliphatic heterocycles. The van der Waals surface area contributed by atoms with Crippen LogP contribution < -0.4 is 0 Å². The summed E-state index contributed by atoms with van der Waals surface area (Å²) in [5, 5.41) is 2.04. The average Bonchev–Trinajstić information content (AvgIpc) is 2.03. The van der Waals surface area contributed by atoms with Crippen LogP contribution >= 0.6 is 11.8 Å². The normalized spacial score (nSPS) is 10.5. The highest BCUT2D eigenvalue weighted by atomic mass is 32.2. The van der Waals surface area contributed by atoms with Gasteiger partial charge in [0.1, 0.15) is 0 Å². The van der Waals surface area contributed by atoms with Gasteiger partial charge in [0.25, 0.3) is 0 Å². The third-order valence-electron chi connectivity index (χ3n) is 0.975. The minimum Gasteiger partial charge on any atom is -0.264 e. The Balaban J connectivity index is 2.59. The van der Waals surface area contributed by atoms with Crippen molar-refractivity contribution in [1.29, 1.82) is 0 Å². The van der Waals surface area contributed by atoms with Crippen LogP contribution in [0.25, 0.3) is 0 Å². The van der Waals surface area contributed by atoms with Crippen LogP contribution in [0, 0.1) is 0 Å². The molecule has 1 aromatic heterocycles. The zero-order valence-electron chi connectivity index (χ0n) is 5.82. The quantitative estimate of drug-likeness (QED) is 0.603. The summed E-state index contributed by atoms with van der Waals surface area (Å²) in [5.41, 5.74) is 0. The molecule has 0 bridgehead atoms. The Kier molecular flexibility index (Phi) is 3.03. The van der Waals surface area contributed by atoms with Gasteiger partial charge in [0.05, 0.1) is 0 Å². The molecule has 1 rings (SSSR count). The van der Waals surface area contributed by atoms with E-state index in [2.05, 4.69) is 4.98 Å². The third-order valence-corrected chi connectivity index (χ3v) is 1.90. The van der Waals surface area contributed by atoms with Gasteiger partial charge in [0.15, 0.2) is 0 Å². The van der Waals surface area contributed by atoms with E-state index in [-0.39, 0.29) is 0 Å². The maximum atomic E-state index is 3.98. The summed E-state index contributed by atoms with van der Waals surface area (Å²) in [6.45, 7) is 2.00. The number of hydrogen-bond donors (Lipinski definition) is 0. The highest BCUT2D eigenvalue weighted by molar-refractivity contribution is 8.02. The molecule has 0 saturated heterocycles. The van der Waals surface area contributed by atoms with E-state index in [1.54, 1.807) is 18.0 Å². The lowest BCUT2D eigenvalue weighted by Gasteiger charge is -1.90. The minimum atomic E-state index is 1.18. The van der Waals surface area contributed by atoms with Gasteiger partial charge in [-0.2, -0.15) is 0 Å². The van der Waals surface area contributed by atoms with Gasteiger partial charge >= 0.3 is 0 Å². The number of hydrogen-bond acceptors (Lipinski definition) is 2. The van der Waals surface area contributed by atoms with E-state index in [1.807, 2.05) is 36.7 Å². The molecular weight excluding hydrogens is 142 g/mol. The van der Waals surface area contributed by atoms with Crippen LogP contribution in [0.3, 0.4) is 0 Å². The molecule has 0 fully saturated rings. The summed E-state index contributed by atoms with van der Waals surface area (Å²) in [4.78, 5) is 5.16. The van der Waals surface area contributed by atoms with Crippen molar-refractivity contribution in [2.24, 2.45) is 0 Å². The van der Waals surface area contributed by atoms with Gasteiger partial charge in [0, 0.05) is 17.3 Å². The number of thioether (sulfide) groups is 1. The van der Waals surface area contributed by atoms with E-state index in [0.29, 0.717) is 0 Å². The molecule has 0 atom stereocenters. The first-order valence-electron chi connectivity index (χ1n) is 3.11. The summed E-state index contributed by atoms with van der Waals surface area (Å²) in [7, 11) is 0. The maximum absolute atomic E-state index is 3.98. The summed E-state index contributed by atoms with van der Waals surface area (Å²) in [6.07, 6.45) is 5.64. The fourth-order valence-electron chi connectivity index (χ4n) is 0.563. The first kappa shape index (κ1) is 7.35. The van der Waals surface area contributed by atoms with Crippen molar-refractivity contribution in [2.45, 2.75) is 11.8 Å². The lowest BCUT2D eigenvalue weighted by molar-refractivity contribution is 1.24. The van der Waals surface area contributed by atoms with E-state index in [1.165, 1.54) is 4.90 Å². The van der Waals surface area contributed by atoms with Gasteiger partial charge in [-0.3, -0.25) is 4.98 Å². The topological polar surface area (TPSA) is 12.9 Å². The van der Waals surface area contributed by atoms with Crippen molar-refractivity contribution in [3.05, 3.63) is 36.0 Å². The van der Waals surface area contributed by atoms with E-state index >= 15 is 0 Å². The molecule has 0 aromatic carbocycles. The monoisotopic (exact) mass is 151 g/mol. The van der Waals surface area contributed by atoms with Gasteiger partial charge in [-0.25, -0.2) is 0 Å². The molecule has 1 heterocycles. The Morgan fingerprint density at radius 1 is 1.60 bits per heavy atom. The molecule has 0 aliphatic carbocycles. The van der Waals surface area contributed by atoms with E-state index in [0.717, 1.165) is 0 Å². The molecule has 1 aromatic rings. The Labute approximate surface area is 65.2 Å². The predicted octanol–water partition coefficient (Wildman–Crippen LogP) is 2.71. The fourth-order valence-corrected chi connectivity index (χ4v) is 1.14. The van der Waals surface area contributed by atoms with Crippen molar-refractivity contribution in [3.63, 3.8) is 0 Å². The molecule has 0 N–H and O–H groups in total. The SMILES string of the molecule is CC=CSc1cccnc1. The molecule has 10 heavy (non-hydrogen) atoms. The molecule has 52 valence electrons. The van der Waals surface area contributed by atoms with Gasteiger partial charge in [0.2, 0.25) is 0 Å². The van der Waals surface area contributed by atoms with Crippen LogP contribution in [0.4, 0.5) is 0 Å². The van der Waals surface area contributed by atoms with Gasteiger partial charge in [-0.05, 0) is 24.5 Å². The number of aromatic nitrogens is 1. The second kappa shape index (κ2) is 4.12. The zero-order valence-corrected chi connectivity index (χ0v) is 6.64. The van der Waals surface area contributed by atoms with Crippen LogP contribution in [-0.4, -0.2) is 4.98 Å². The highest BCUT2D eigenvalue weighted by Gasteiger charge is 1.84. The van der Waals surface area contributed by atoms with Crippen LogP contribution in [0.15, 0.2) is 40.9 Å². The van der Waals surface area contributed by atoms with E-state index in [4.69, 9.17) is 0 Å². The second-order valence-electron chi connectivity index (χ2n) is 1.78. The average molecular weight is 151 g/mol. The Morgan fingerprint density at radius 2 is 2.50 bits per heavy atom. The molecule has 0 radical (unpaired) electrons. The number of rotatable bonds is 2. The Morgan fingerprint density at radius 3 is 3.10 bits per heavy atom. The third kappa shape index (κ3) is 2.23. The molecule has 1 nitrogen and oxygen atoms in total. The first-order valence-corrected chi connectivity index (χ1v) is 3.99. The molecule has 0 amide bonds. The smallest absolute Gasteiger partial charge is 0.0407 e. The second-order valence-corrected chi connectivity index (χ2v) is 2.76. The van der Waals surface area contributed by atoms with Crippen molar-refractivity contribution in [1.82, 2.24) is 4.98 Å². The Bertz CT molecular complexity index is 206. The zero-order chi connectivity index (χ0) is 7.23. The highest BCUT2D eigenvalue weighted by Crippen LogP contribution is 2.16. The van der Waals surface area contributed by atoms with Gasteiger partial charge in [-0.1, -0.05) is 17.8 Å².